The van der Waals surface area contributed by atoms with Crippen molar-refractivity contribution in [2.45, 2.75) is 13.0 Å². The average molecular weight is 356 g/mol. The smallest absolute Gasteiger partial charge is 0.118 e. The molecule has 0 radical (unpaired) electrons. The largest absolute Gasteiger partial charge is 0.497 e. The first-order chi connectivity index (χ1) is 12.2. The van der Waals surface area contributed by atoms with Gasteiger partial charge in [-0.05, 0) is 47.4 Å². The van der Waals surface area contributed by atoms with Crippen molar-refractivity contribution in [1.82, 2.24) is 4.90 Å². The third-order valence-corrected chi connectivity index (χ3v) is 4.56. The molecule has 2 aromatic carbocycles. The van der Waals surface area contributed by atoms with E-state index < -0.39 is 0 Å². The lowest BCUT2D eigenvalue weighted by molar-refractivity contribution is 0.299. The Morgan fingerprint density at radius 1 is 1.08 bits per heavy atom. The van der Waals surface area contributed by atoms with Crippen molar-refractivity contribution in [1.29, 1.82) is 0 Å². The summed E-state index contributed by atoms with van der Waals surface area (Å²) in [4.78, 5) is 2.27. The van der Waals surface area contributed by atoms with Gasteiger partial charge in [-0.25, -0.2) is 0 Å². The van der Waals surface area contributed by atoms with Crippen molar-refractivity contribution in [2.24, 2.45) is 0 Å². The van der Waals surface area contributed by atoms with Crippen molar-refractivity contribution >= 4 is 17.2 Å². The molecule has 1 aliphatic rings. The molecule has 2 aromatic rings. The van der Waals surface area contributed by atoms with Crippen LogP contribution in [0, 0.1) is 0 Å². The number of halogens is 1. The maximum absolute atomic E-state index is 9.38. The van der Waals surface area contributed by atoms with Gasteiger partial charge < -0.3 is 14.7 Å². The SMILES string of the molecule is COc1ccc(C2=CN(Cc3ccc(Cl)cc3)CC=C2CCO)cc1. The third-order valence-electron chi connectivity index (χ3n) is 4.31. The lowest BCUT2D eigenvalue weighted by Gasteiger charge is -2.27. The van der Waals surface area contributed by atoms with Gasteiger partial charge in [0.25, 0.3) is 0 Å². The van der Waals surface area contributed by atoms with E-state index >= 15 is 0 Å². The Kier molecular flexibility index (Phi) is 5.79. The highest BCUT2D eigenvalue weighted by molar-refractivity contribution is 6.30. The molecule has 0 bridgehead atoms. The second kappa shape index (κ2) is 8.24. The maximum atomic E-state index is 9.38. The molecule has 0 spiro atoms. The molecule has 4 heteroatoms. The van der Waals surface area contributed by atoms with Gasteiger partial charge >= 0.3 is 0 Å². The first kappa shape index (κ1) is 17.6. The minimum Gasteiger partial charge on any atom is -0.497 e. The van der Waals surface area contributed by atoms with Crippen molar-refractivity contribution in [3.05, 3.63) is 82.5 Å². The maximum Gasteiger partial charge on any atom is 0.118 e. The van der Waals surface area contributed by atoms with Gasteiger partial charge in [0.1, 0.15) is 5.75 Å². The van der Waals surface area contributed by atoms with Gasteiger partial charge in [0.2, 0.25) is 0 Å². The molecule has 0 saturated heterocycles. The van der Waals surface area contributed by atoms with E-state index in [2.05, 4.69) is 41.4 Å². The van der Waals surface area contributed by atoms with Gasteiger partial charge in [-0.1, -0.05) is 41.9 Å². The third kappa shape index (κ3) is 4.44. The van der Waals surface area contributed by atoms with Crippen LogP contribution >= 0.6 is 11.6 Å². The van der Waals surface area contributed by atoms with Crippen molar-refractivity contribution in [3.8, 4) is 5.75 Å². The Balaban J connectivity index is 1.84. The number of aliphatic hydroxyl groups excluding tert-OH is 1. The lowest BCUT2D eigenvalue weighted by Crippen LogP contribution is -2.21. The molecule has 0 atom stereocenters. The van der Waals surface area contributed by atoms with Crippen LogP contribution in [0.2, 0.25) is 5.02 Å². The Bertz CT molecular complexity index is 763. The zero-order valence-electron chi connectivity index (χ0n) is 14.3. The fourth-order valence-corrected chi connectivity index (χ4v) is 3.10. The summed E-state index contributed by atoms with van der Waals surface area (Å²) in [7, 11) is 1.67. The Labute approximate surface area is 153 Å². The lowest BCUT2D eigenvalue weighted by atomic mass is 9.94. The molecule has 1 heterocycles. The van der Waals surface area contributed by atoms with Gasteiger partial charge in [0.15, 0.2) is 0 Å². The molecule has 0 aromatic heterocycles. The summed E-state index contributed by atoms with van der Waals surface area (Å²) in [6.07, 6.45) is 5.04. The fourth-order valence-electron chi connectivity index (χ4n) is 2.98. The van der Waals surface area contributed by atoms with Gasteiger partial charge in [-0.2, -0.15) is 0 Å². The summed E-state index contributed by atoms with van der Waals surface area (Å²) >= 11 is 5.97. The predicted molar refractivity (Wildman–Crippen MR) is 103 cm³/mol. The van der Waals surface area contributed by atoms with E-state index in [0.717, 1.165) is 35.0 Å². The number of allylic oxidation sites excluding steroid dienone is 1. The number of methoxy groups -OCH3 is 1. The van der Waals surface area contributed by atoms with Gasteiger partial charge in [-0.15, -0.1) is 0 Å². The number of hydrogen-bond donors (Lipinski definition) is 1. The number of hydrogen-bond acceptors (Lipinski definition) is 3. The van der Waals surface area contributed by atoms with E-state index in [9.17, 15) is 5.11 Å². The van der Waals surface area contributed by atoms with E-state index in [1.54, 1.807) is 7.11 Å². The average Bonchev–Trinajstić information content (AvgIpc) is 2.65. The highest BCUT2D eigenvalue weighted by Crippen LogP contribution is 2.30. The highest BCUT2D eigenvalue weighted by Gasteiger charge is 2.15. The number of nitrogens with zero attached hydrogens (tertiary/aromatic N) is 1. The van der Waals surface area contributed by atoms with E-state index in [0.29, 0.717) is 6.42 Å². The first-order valence-electron chi connectivity index (χ1n) is 8.34. The number of benzene rings is 2. The summed E-state index contributed by atoms with van der Waals surface area (Å²) in [5.41, 5.74) is 4.67. The molecule has 3 nitrogen and oxygen atoms in total. The molecule has 0 unspecified atom stereocenters. The Morgan fingerprint density at radius 3 is 2.44 bits per heavy atom. The quantitative estimate of drug-likeness (QED) is 0.827. The minimum absolute atomic E-state index is 0.149. The van der Waals surface area contributed by atoms with Crippen LogP contribution < -0.4 is 4.74 Å². The van der Waals surface area contributed by atoms with Crippen LogP contribution in [0.4, 0.5) is 0 Å². The molecule has 0 aliphatic carbocycles. The van der Waals surface area contributed by atoms with E-state index in [1.165, 1.54) is 11.1 Å². The fraction of sp³-hybridized carbons (Fsp3) is 0.238. The zero-order chi connectivity index (χ0) is 17.6. The van der Waals surface area contributed by atoms with Crippen LogP contribution in [0.3, 0.4) is 0 Å². The summed E-state index contributed by atoms with van der Waals surface area (Å²) in [5, 5.41) is 10.1. The van der Waals surface area contributed by atoms with Crippen molar-refractivity contribution in [3.63, 3.8) is 0 Å². The highest BCUT2D eigenvalue weighted by atomic mass is 35.5. The second-order valence-corrected chi connectivity index (χ2v) is 6.47. The molecule has 3 rings (SSSR count). The topological polar surface area (TPSA) is 32.7 Å². The number of ether oxygens (including phenoxy) is 1. The van der Waals surface area contributed by atoms with E-state index in [1.807, 2.05) is 24.3 Å². The van der Waals surface area contributed by atoms with E-state index in [4.69, 9.17) is 16.3 Å². The molecular formula is C21H22ClNO2. The molecule has 1 aliphatic heterocycles. The van der Waals surface area contributed by atoms with Crippen LogP contribution in [0.1, 0.15) is 17.5 Å². The van der Waals surface area contributed by atoms with Crippen molar-refractivity contribution in [2.75, 3.05) is 20.3 Å². The van der Waals surface area contributed by atoms with Crippen LogP contribution in [0.15, 0.2) is 66.4 Å². The minimum atomic E-state index is 0.149. The van der Waals surface area contributed by atoms with Crippen LogP contribution in [0.25, 0.3) is 5.57 Å². The van der Waals surface area contributed by atoms with Crippen molar-refractivity contribution < 1.29 is 9.84 Å². The van der Waals surface area contributed by atoms with Crippen LogP contribution in [0.5, 0.6) is 5.75 Å². The number of aliphatic hydroxyl groups is 1. The summed E-state index contributed by atoms with van der Waals surface area (Å²) in [6.45, 7) is 1.80. The second-order valence-electron chi connectivity index (χ2n) is 6.03. The standard InChI is InChI=1S/C21H22ClNO2/c1-25-20-8-4-17(5-9-20)21-15-23(12-10-18(21)11-13-24)14-16-2-6-19(22)7-3-16/h2-10,15,24H,11-14H2,1H3. The predicted octanol–water partition coefficient (Wildman–Crippen LogP) is 4.51. The monoisotopic (exact) mass is 355 g/mol. The molecule has 0 fully saturated rings. The van der Waals surface area contributed by atoms with Gasteiger partial charge in [-0.3, -0.25) is 0 Å². The molecule has 1 N–H and O–H groups in total. The zero-order valence-corrected chi connectivity index (χ0v) is 15.0. The first-order valence-corrected chi connectivity index (χ1v) is 8.72. The normalized spacial score (nSPS) is 14.1. The summed E-state index contributed by atoms with van der Waals surface area (Å²) in [5.74, 6) is 0.839. The Morgan fingerprint density at radius 2 is 1.80 bits per heavy atom. The van der Waals surface area contributed by atoms with Crippen LogP contribution in [-0.2, 0) is 6.54 Å². The summed E-state index contributed by atoms with van der Waals surface area (Å²) in [6, 6.07) is 16.0. The molecule has 25 heavy (non-hydrogen) atoms. The van der Waals surface area contributed by atoms with Crippen LogP contribution in [-0.4, -0.2) is 30.3 Å². The van der Waals surface area contributed by atoms with E-state index in [-0.39, 0.29) is 6.61 Å². The number of rotatable bonds is 6. The molecule has 130 valence electrons. The summed E-state index contributed by atoms with van der Waals surface area (Å²) < 4.78 is 5.25. The molecule has 0 saturated carbocycles. The molecule has 0 amide bonds. The Hall–Kier alpha value is -2.23. The van der Waals surface area contributed by atoms with Gasteiger partial charge in [0.05, 0.1) is 7.11 Å². The molecular weight excluding hydrogens is 334 g/mol. The van der Waals surface area contributed by atoms with Gasteiger partial charge in [0, 0.05) is 36.5 Å².